The van der Waals surface area contributed by atoms with Crippen molar-refractivity contribution in [3.8, 4) is 5.75 Å². The molecule has 0 unspecified atom stereocenters. The van der Waals surface area contributed by atoms with Crippen molar-refractivity contribution < 1.29 is 4.74 Å². The maximum absolute atomic E-state index is 5.74. The number of halogens is 1. The Morgan fingerprint density at radius 1 is 1.53 bits per heavy atom. The predicted octanol–water partition coefficient (Wildman–Crippen LogP) is 2.99. The minimum atomic E-state index is 0.633. The summed E-state index contributed by atoms with van der Waals surface area (Å²) in [7, 11) is 0. The van der Waals surface area contributed by atoms with Gasteiger partial charge >= 0.3 is 0 Å². The molecule has 0 radical (unpaired) electrons. The zero-order valence-electron chi connectivity index (χ0n) is 8.72. The molecule has 4 heteroatoms. The fraction of sp³-hybridized carbons (Fsp3) is 0.273. The van der Waals surface area contributed by atoms with Crippen molar-refractivity contribution in [3.05, 3.63) is 29.3 Å². The first kappa shape index (κ1) is 11.9. The molecule has 0 fully saturated rings. The molecule has 0 aliphatic heterocycles. The fourth-order valence-electron chi connectivity index (χ4n) is 1.17. The summed E-state index contributed by atoms with van der Waals surface area (Å²) in [5, 5.41) is 3.18. The van der Waals surface area contributed by atoms with Gasteiger partial charge in [0.2, 0.25) is 0 Å². The minimum Gasteiger partial charge on any atom is -0.494 e. The molecule has 0 aliphatic carbocycles. The fourth-order valence-corrected chi connectivity index (χ4v) is 1.31. The molecule has 1 aromatic carbocycles. The van der Waals surface area contributed by atoms with E-state index in [1.165, 1.54) is 0 Å². The van der Waals surface area contributed by atoms with Crippen LogP contribution in [-0.4, -0.2) is 13.2 Å². The second kappa shape index (κ2) is 5.66. The average molecular weight is 271 g/mol. The highest BCUT2D eigenvalue weighted by atomic mass is 79.9. The lowest BCUT2D eigenvalue weighted by Crippen LogP contribution is -2.02. The average Bonchev–Trinajstić information content (AvgIpc) is 2.14. The number of nitrogens with one attached hydrogen (secondary N) is 1. The van der Waals surface area contributed by atoms with E-state index in [0.29, 0.717) is 18.8 Å². The van der Waals surface area contributed by atoms with Crippen LogP contribution in [0.25, 0.3) is 0 Å². The van der Waals surface area contributed by atoms with Crippen molar-refractivity contribution in [1.82, 2.24) is 0 Å². The molecule has 15 heavy (non-hydrogen) atoms. The smallest absolute Gasteiger partial charge is 0.123 e. The summed E-state index contributed by atoms with van der Waals surface area (Å²) < 4.78 is 6.27. The largest absolute Gasteiger partial charge is 0.494 e. The first-order valence-corrected chi connectivity index (χ1v) is 5.51. The van der Waals surface area contributed by atoms with Crippen LogP contribution in [0.5, 0.6) is 5.75 Å². The molecule has 0 saturated heterocycles. The Morgan fingerprint density at radius 2 is 2.27 bits per heavy atom. The number of ether oxygens (including phenoxy) is 1. The highest BCUT2D eigenvalue weighted by molar-refractivity contribution is 9.11. The third-order valence-electron chi connectivity index (χ3n) is 1.72. The number of anilines is 2. The second-order valence-corrected chi connectivity index (χ2v) is 4.22. The van der Waals surface area contributed by atoms with Crippen molar-refractivity contribution in [3.63, 3.8) is 0 Å². The zero-order chi connectivity index (χ0) is 11.3. The van der Waals surface area contributed by atoms with Gasteiger partial charge in [-0.2, -0.15) is 0 Å². The molecule has 1 rings (SSSR count). The second-order valence-electron chi connectivity index (χ2n) is 3.09. The molecule has 0 aliphatic rings. The van der Waals surface area contributed by atoms with Gasteiger partial charge in [-0.25, -0.2) is 0 Å². The van der Waals surface area contributed by atoms with E-state index in [0.717, 1.165) is 15.9 Å². The van der Waals surface area contributed by atoms with Crippen LogP contribution in [0.15, 0.2) is 29.3 Å². The van der Waals surface area contributed by atoms with Gasteiger partial charge in [-0.3, -0.25) is 0 Å². The van der Waals surface area contributed by atoms with Crippen LogP contribution in [0.1, 0.15) is 6.92 Å². The molecular weight excluding hydrogens is 256 g/mol. The quantitative estimate of drug-likeness (QED) is 0.809. The van der Waals surface area contributed by atoms with Crippen LogP contribution in [-0.2, 0) is 0 Å². The van der Waals surface area contributed by atoms with Gasteiger partial charge in [-0.05, 0) is 13.0 Å². The molecule has 0 spiro atoms. The monoisotopic (exact) mass is 270 g/mol. The molecule has 0 atom stereocenters. The Bertz CT molecular complexity index is 352. The molecule has 0 amide bonds. The summed E-state index contributed by atoms with van der Waals surface area (Å²) in [6.45, 7) is 6.98. The standard InChI is InChI=1S/C11H15BrN2O/c1-3-15-11-5-9(13)4-10(6-11)14-7-8(2)12/h4-6,14H,2-3,7,13H2,1H3. The lowest BCUT2D eigenvalue weighted by molar-refractivity contribution is 0.340. The summed E-state index contributed by atoms with van der Waals surface area (Å²) in [5.41, 5.74) is 7.36. The Morgan fingerprint density at radius 3 is 2.87 bits per heavy atom. The van der Waals surface area contributed by atoms with Gasteiger partial charge in [-0.15, -0.1) is 0 Å². The molecule has 0 bridgehead atoms. The summed E-state index contributed by atoms with van der Waals surface area (Å²) in [6, 6.07) is 5.58. The van der Waals surface area contributed by atoms with Crippen molar-refractivity contribution in [2.75, 3.05) is 24.2 Å². The number of nitrogens with two attached hydrogens (primary N) is 1. The first-order chi connectivity index (χ1) is 7.11. The SMILES string of the molecule is C=C(Br)CNc1cc(N)cc(OCC)c1. The Hall–Kier alpha value is -1.16. The van der Waals surface area contributed by atoms with Crippen LogP contribution >= 0.6 is 15.9 Å². The number of benzene rings is 1. The summed E-state index contributed by atoms with van der Waals surface area (Å²) in [6.07, 6.45) is 0. The van der Waals surface area contributed by atoms with E-state index in [4.69, 9.17) is 10.5 Å². The highest BCUT2D eigenvalue weighted by Gasteiger charge is 1.99. The molecule has 0 saturated carbocycles. The van der Waals surface area contributed by atoms with Gasteiger partial charge in [-0.1, -0.05) is 22.5 Å². The third-order valence-corrected chi connectivity index (χ3v) is 2.00. The number of rotatable bonds is 5. The summed E-state index contributed by atoms with van der Waals surface area (Å²) in [4.78, 5) is 0. The van der Waals surface area contributed by atoms with E-state index in [-0.39, 0.29) is 0 Å². The molecule has 82 valence electrons. The number of nitrogen functional groups attached to an aromatic ring is 1. The first-order valence-electron chi connectivity index (χ1n) is 4.72. The molecule has 0 heterocycles. The van der Waals surface area contributed by atoms with Crippen LogP contribution in [0.4, 0.5) is 11.4 Å². The topological polar surface area (TPSA) is 47.3 Å². The van der Waals surface area contributed by atoms with Crippen LogP contribution < -0.4 is 15.8 Å². The molecule has 3 N–H and O–H groups in total. The van der Waals surface area contributed by atoms with Gasteiger partial charge < -0.3 is 15.8 Å². The van der Waals surface area contributed by atoms with Crippen molar-refractivity contribution in [1.29, 1.82) is 0 Å². The van der Waals surface area contributed by atoms with Crippen molar-refractivity contribution >= 4 is 27.3 Å². The number of hydrogen-bond donors (Lipinski definition) is 2. The summed E-state index contributed by atoms with van der Waals surface area (Å²) >= 11 is 3.28. The normalized spacial score (nSPS) is 9.73. The van der Waals surface area contributed by atoms with Gasteiger partial charge in [0, 0.05) is 34.5 Å². The predicted molar refractivity (Wildman–Crippen MR) is 68.6 cm³/mol. The van der Waals surface area contributed by atoms with Crippen molar-refractivity contribution in [2.45, 2.75) is 6.92 Å². The molecule has 1 aromatic rings. The van der Waals surface area contributed by atoms with Gasteiger partial charge in [0.15, 0.2) is 0 Å². The van der Waals surface area contributed by atoms with E-state index in [1.54, 1.807) is 6.07 Å². The molecule has 3 nitrogen and oxygen atoms in total. The Balaban J connectivity index is 2.74. The van der Waals surface area contributed by atoms with Crippen LogP contribution in [0.3, 0.4) is 0 Å². The highest BCUT2D eigenvalue weighted by Crippen LogP contribution is 2.22. The van der Waals surface area contributed by atoms with E-state index in [9.17, 15) is 0 Å². The van der Waals surface area contributed by atoms with E-state index in [1.807, 2.05) is 19.1 Å². The number of hydrogen-bond acceptors (Lipinski definition) is 3. The van der Waals surface area contributed by atoms with Gasteiger partial charge in [0.25, 0.3) is 0 Å². The van der Waals surface area contributed by atoms with E-state index in [2.05, 4.69) is 27.8 Å². The zero-order valence-corrected chi connectivity index (χ0v) is 10.3. The Kier molecular flexibility index (Phi) is 4.49. The van der Waals surface area contributed by atoms with Gasteiger partial charge in [0.1, 0.15) is 5.75 Å². The third kappa shape index (κ3) is 4.25. The molecule has 0 aromatic heterocycles. The maximum Gasteiger partial charge on any atom is 0.123 e. The molecular formula is C11H15BrN2O. The van der Waals surface area contributed by atoms with E-state index >= 15 is 0 Å². The maximum atomic E-state index is 5.74. The van der Waals surface area contributed by atoms with Gasteiger partial charge in [0.05, 0.1) is 6.61 Å². The van der Waals surface area contributed by atoms with E-state index < -0.39 is 0 Å². The van der Waals surface area contributed by atoms with Crippen LogP contribution in [0, 0.1) is 0 Å². The van der Waals surface area contributed by atoms with Crippen LogP contribution in [0.2, 0.25) is 0 Å². The summed E-state index contributed by atoms with van der Waals surface area (Å²) in [5.74, 6) is 0.778. The minimum absolute atomic E-state index is 0.633. The lowest BCUT2D eigenvalue weighted by atomic mass is 10.2. The Labute approximate surface area is 98.4 Å². The van der Waals surface area contributed by atoms with Crippen molar-refractivity contribution in [2.24, 2.45) is 0 Å². The lowest BCUT2D eigenvalue weighted by Gasteiger charge is -2.09.